The van der Waals surface area contributed by atoms with Gasteiger partial charge in [0.05, 0.1) is 39.3 Å². The first kappa shape index (κ1) is 41.0. The predicted octanol–water partition coefficient (Wildman–Crippen LogP) is 6.68. The number of ether oxygens (including phenoxy) is 4. The Morgan fingerprint density at radius 1 is 0.768 bits per heavy atom. The average molecular weight is 811 g/mol. The molecule has 0 saturated carbocycles. The summed E-state index contributed by atoms with van der Waals surface area (Å²) in [6.07, 6.45) is 1.22. The molecule has 0 saturated heterocycles. The summed E-state index contributed by atoms with van der Waals surface area (Å²) in [5, 5.41) is 41.3. The van der Waals surface area contributed by atoms with E-state index in [-0.39, 0.29) is 49.9 Å². The number of rotatable bonds is 19. The summed E-state index contributed by atoms with van der Waals surface area (Å²) < 4.78 is 24.0. The monoisotopic (exact) mass is 809 g/mol. The quantitative estimate of drug-likeness (QED) is 0.0675. The fraction of sp³-hybridized carbons (Fsp3) is 0.415. The summed E-state index contributed by atoms with van der Waals surface area (Å²) in [6.45, 7) is 0.332. The maximum Gasteiger partial charge on any atom is 0.306 e. The Bertz CT molecular complexity index is 1920. The summed E-state index contributed by atoms with van der Waals surface area (Å²) in [5.74, 6) is -0.928. The second-order valence-corrected chi connectivity index (χ2v) is 14.8. The number of methoxy groups -OCH3 is 2. The molecule has 0 unspecified atom stereocenters. The van der Waals surface area contributed by atoms with Crippen molar-refractivity contribution in [3.05, 3.63) is 92.0 Å². The number of aryl methyl sites for hydroxylation is 1. The Hall–Kier alpha value is -4.66. The molecular formula is C41H45Cl2N3O10. The van der Waals surface area contributed by atoms with Crippen LogP contribution in [0.5, 0.6) is 23.5 Å². The summed E-state index contributed by atoms with van der Waals surface area (Å²) in [6, 6.07) is 15.9. The molecule has 0 aliphatic heterocycles. The van der Waals surface area contributed by atoms with Crippen molar-refractivity contribution < 1.29 is 49.0 Å². The number of carboxylic acids is 2. The molecule has 4 atom stereocenters. The third-order valence-electron chi connectivity index (χ3n) is 10.1. The van der Waals surface area contributed by atoms with E-state index >= 15 is 0 Å². The minimum absolute atomic E-state index is 0.0772. The van der Waals surface area contributed by atoms with Crippen LogP contribution in [0.25, 0.3) is 11.1 Å². The smallest absolute Gasteiger partial charge is 0.306 e. The summed E-state index contributed by atoms with van der Waals surface area (Å²) in [5.41, 5.74) is 8.16. The van der Waals surface area contributed by atoms with Crippen molar-refractivity contribution in [3.63, 3.8) is 0 Å². The van der Waals surface area contributed by atoms with Gasteiger partial charge in [0.1, 0.15) is 22.3 Å². The SMILES string of the molecule is COc1nc(O[C@H]2CCc3c(-c4cccc5c4CC[C@@H]5Oc4nc(OC)c(CNC[C@@H](O)CC(=O)O)cc4Cl)cccc32)c(Cl)cc1CCC[C@@H](O)CC(=O)O. The van der Waals surface area contributed by atoms with Crippen molar-refractivity contribution >= 4 is 35.1 Å². The van der Waals surface area contributed by atoms with E-state index in [4.69, 9.17) is 52.4 Å². The van der Waals surface area contributed by atoms with Crippen LogP contribution in [0.1, 0.15) is 84.1 Å². The number of nitrogens with zero attached hydrogens (tertiary/aromatic N) is 2. The van der Waals surface area contributed by atoms with Gasteiger partial charge in [-0.25, -0.2) is 0 Å². The van der Waals surface area contributed by atoms with E-state index in [9.17, 15) is 19.8 Å². The molecular weight excluding hydrogens is 765 g/mol. The maximum absolute atomic E-state index is 10.9. The number of carbonyl (C=O) groups is 2. The number of pyridine rings is 2. The van der Waals surface area contributed by atoms with Gasteiger partial charge in [-0.2, -0.15) is 9.97 Å². The number of carboxylic acid groups (broad SMARTS) is 2. The van der Waals surface area contributed by atoms with Gasteiger partial charge in [0.2, 0.25) is 23.5 Å². The first-order chi connectivity index (χ1) is 26.9. The van der Waals surface area contributed by atoms with Crippen LogP contribution in [0.2, 0.25) is 10.0 Å². The van der Waals surface area contributed by atoms with E-state index in [1.165, 1.54) is 25.3 Å². The zero-order valence-electron chi connectivity index (χ0n) is 31.1. The van der Waals surface area contributed by atoms with E-state index in [0.717, 1.165) is 53.5 Å². The van der Waals surface area contributed by atoms with Gasteiger partial charge in [-0.3, -0.25) is 9.59 Å². The number of benzene rings is 2. The minimum atomic E-state index is -1.08. The number of halogens is 2. The number of aliphatic carboxylic acids is 2. The molecule has 0 spiro atoms. The van der Waals surface area contributed by atoms with Crippen LogP contribution in [-0.4, -0.2) is 75.3 Å². The lowest BCUT2D eigenvalue weighted by molar-refractivity contribution is -0.140. The molecule has 13 nitrogen and oxygen atoms in total. The van der Waals surface area contributed by atoms with E-state index < -0.39 is 24.1 Å². The third kappa shape index (κ3) is 9.64. The lowest BCUT2D eigenvalue weighted by Gasteiger charge is -2.19. The van der Waals surface area contributed by atoms with Gasteiger partial charge in [-0.05, 0) is 90.5 Å². The minimum Gasteiger partial charge on any atom is -0.481 e. The van der Waals surface area contributed by atoms with Gasteiger partial charge in [-0.1, -0.05) is 59.6 Å². The number of aliphatic hydroxyl groups excluding tert-OH is 2. The summed E-state index contributed by atoms with van der Waals surface area (Å²) in [4.78, 5) is 30.9. The highest BCUT2D eigenvalue weighted by Crippen LogP contribution is 2.46. The molecule has 0 amide bonds. The zero-order chi connectivity index (χ0) is 39.9. The second kappa shape index (κ2) is 18.5. The number of nitrogens with one attached hydrogen (secondary N) is 1. The molecule has 15 heteroatoms. The molecule has 56 heavy (non-hydrogen) atoms. The van der Waals surface area contributed by atoms with E-state index in [1.807, 2.05) is 12.1 Å². The molecule has 2 aromatic heterocycles. The fourth-order valence-electron chi connectivity index (χ4n) is 7.54. The molecule has 2 aromatic carbocycles. The molecule has 2 aliphatic carbocycles. The Balaban J connectivity index is 1.16. The van der Waals surface area contributed by atoms with Crippen LogP contribution in [0.15, 0.2) is 48.5 Å². The van der Waals surface area contributed by atoms with Gasteiger partial charge < -0.3 is 44.7 Å². The number of aromatic nitrogens is 2. The van der Waals surface area contributed by atoms with Gasteiger partial charge in [0.25, 0.3) is 0 Å². The molecule has 0 bridgehead atoms. The first-order valence-corrected chi connectivity index (χ1v) is 19.3. The summed E-state index contributed by atoms with van der Waals surface area (Å²) >= 11 is 13.3. The molecule has 2 heterocycles. The predicted molar refractivity (Wildman–Crippen MR) is 208 cm³/mol. The number of hydrogen-bond donors (Lipinski definition) is 5. The number of fused-ring (bicyclic) bond motifs is 2. The molecule has 298 valence electrons. The lowest BCUT2D eigenvalue weighted by atomic mass is 9.91. The number of hydrogen-bond acceptors (Lipinski definition) is 11. The highest BCUT2D eigenvalue weighted by atomic mass is 35.5. The second-order valence-electron chi connectivity index (χ2n) is 14.0. The van der Waals surface area contributed by atoms with Crippen LogP contribution < -0.4 is 24.3 Å². The van der Waals surface area contributed by atoms with Crippen molar-refractivity contribution in [1.82, 2.24) is 15.3 Å². The molecule has 4 aromatic rings. The van der Waals surface area contributed by atoms with E-state index in [2.05, 4.69) is 39.6 Å². The Kier molecular flexibility index (Phi) is 13.6. The van der Waals surface area contributed by atoms with Crippen molar-refractivity contribution in [1.29, 1.82) is 0 Å². The molecule has 2 aliphatic rings. The Labute approximate surface area is 334 Å². The normalized spacial score (nSPS) is 16.8. The molecule has 5 N–H and O–H groups in total. The van der Waals surface area contributed by atoms with Crippen molar-refractivity contribution in [2.24, 2.45) is 0 Å². The Morgan fingerprint density at radius 2 is 1.27 bits per heavy atom. The van der Waals surface area contributed by atoms with Crippen LogP contribution in [-0.2, 0) is 35.4 Å². The van der Waals surface area contributed by atoms with E-state index in [1.54, 1.807) is 12.1 Å². The summed E-state index contributed by atoms with van der Waals surface area (Å²) in [7, 11) is 3.02. The van der Waals surface area contributed by atoms with E-state index in [0.29, 0.717) is 46.6 Å². The number of aliphatic hydroxyl groups is 2. The van der Waals surface area contributed by atoms with Crippen molar-refractivity contribution in [3.8, 4) is 34.6 Å². The third-order valence-corrected chi connectivity index (χ3v) is 10.6. The standard InChI is InChI=1S/C41H45Cl2N3O10/c1-53-38-22(6-3-7-24(47)18-36(49)50)16-32(42)40(45-38)55-34-14-12-28-26(8-4-10-30(28)34)27-9-5-11-31-29(27)13-15-35(31)56-41-33(43)17-23(39(46-41)54-2)20-44-21-25(48)19-37(51)52/h4-5,8-11,16-17,24-25,34-35,44,47-48H,3,6-7,12-15,18-21H2,1-2H3,(H,49,50)(H,51,52)/t24-,25+,34+,35+/m1/s1. The van der Waals surface area contributed by atoms with Crippen LogP contribution >= 0.6 is 23.2 Å². The van der Waals surface area contributed by atoms with Crippen molar-refractivity contribution in [2.75, 3.05) is 20.8 Å². The zero-order valence-corrected chi connectivity index (χ0v) is 32.6. The van der Waals surface area contributed by atoms with Crippen LogP contribution in [0, 0.1) is 0 Å². The topological polar surface area (TPSA) is 190 Å². The highest BCUT2D eigenvalue weighted by Gasteiger charge is 2.32. The van der Waals surface area contributed by atoms with Crippen molar-refractivity contribution in [2.45, 2.75) is 88.7 Å². The molecule has 0 radical (unpaired) electrons. The first-order valence-electron chi connectivity index (χ1n) is 18.5. The molecule has 6 rings (SSSR count). The van der Waals surface area contributed by atoms with Gasteiger partial charge >= 0.3 is 11.9 Å². The van der Waals surface area contributed by atoms with Gasteiger partial charge in [0, 0.05) is 24.2 Å². The lowest BCUT2D eigenvalue weighted by Crippen LogP contribution is -2.28. The molecule has 0 fully saturated rings. The average Bonchev–Trinajstić information content (AvgIpc) is 3.77. The van der Waals surface area contributed by atoms with Gasteiger partial charge in [-0.15, -0.1) is 0 Å². The largest absolute Gasteiger partial charge is 0.481 e. The maximum atomic E-state index is 10.9. The Morgan fingerprint density at radius 3 is 1.79 bits per heavy atom. The fourth-order valence-corrected chi connectivity index (χ4v) is 7.98. The van der Waals surface area contributed by atoms with Gasteiger partial charge in [0.15, 0.2) is 0 Å². The highest BCUT2D eigenvalue weighted by molar-refractivity contribution is 6.32. The van der Waals surface area contributed by atoms with Crippen LogP contribution in [0.4, 0.5) is 0 Å². The van der Waals surface area contributed by atoms with Crippen LogP contribution in [0.3, 0.4) is 0 Å².